The minimum atomic E-state index is -0.532. The zero-order valence-corrected chi connectivity index (χ0v) is 36.7. The number of amides is 5. The van der Waals surface area contributed by atoms with E-state index in [1.54, 1.807) is 91.9 Å². The van der Waals surface area contributed by atoms with Gasteiger partial charge in [-0.1, -0.05) is 30.9 Å². The van der Waals surface area contributed by atoms with E-state index < -0.39 is 11.8 Å². The van der Waals surface area contributed by atoms with Crippen molar-refractivity contribution in [1.29, 1.82) is 0 Å². The lowest BCUT2D eigenvalue weighted by Gasteiger charge is -2.23. The van der Waals surface area contributed by atoms with Gasteiger partial charge in [0.25, 0.3) is 11.8 Å². The summed E-state index contributed by atoms with van der Waals surface area (Å²) in [5.74, 6) is -0.588. The fraction of sp³-hybridized carbons (Fsp3) is 0.250. The molecule has 336 valence electrons. The van der Waals surface area contributed by atoms with Crippen molar-refractivity contribution in [2.75, 3.05) is 69.7 Å². The third kappa shape index (κ3) is 10.3. The summed E-state index contributed by atoms with van der Waals surface area (Å²) in [6.45, 7) is 3.29. The maximum Gasteiger partial charge on any atom is 0.261 e. The van der Waals surface area contributed by atoms with Gasteiger partial charge in [-0.3, -0.25) is 33.9 Å². The summed E-state index contributed by atoms with van der Waals surface area (Å²) in [7, 11) is 7.96. The van der Waals surface area contributed by atoms with E-state index in [2.05, 4.69) is 27.8 Å². The molecule has 0 aromatic heterocycles. The van der Waals surface area contributed by atoms with Crippen LogP contribution in [-0.2, 0) is 34.0 Å². The third-order valence-electron chi connectivity index (χ3n) is 10.8. The molecule has 17 heteroatoms. The zero-order chi connectivity index (χ0) is 46.2. The standard InChI is InChI=1S/C48H50N8O9/c1-29-11-9-10-14-54(3)39-22-43(41(63-6)20-36(39)47(60)53-29)65-28-31-15-30(16-33(17-31)55(4)46(59)26-52-45(58)25-51-44(57)24-49-2)27-64-42-21-37-35(19-40(42)62-5)48(61)56-34(23-50-37)18-32-12-7-8-13-38(32)56/h7-17,19-23,34,49H,1,18,24-28H2,2-6H3,(H,51,57)(H,52,58)(H,53,60)/b11-9-,14-10-/t34-/m0/s1. The summed E-state index contributed by atoms with van der Waals surface area (Å²) in [5, 5.41) is 10.5. The van der Waals surface area contributed by atoms with E-state index in [0.717, 1.165) is 11.3 Å². The van der Waals surface area contributed by atoms with Gasteiger partial charge in [0.1, 0.15) is 13.2 Å². The molecule has 7 rings (SSSR count). The minimum absolute atomic E-state index is 0.00496. The van der Waals surface area contributed by atoms with Crippen LogP contribution in [0.1, 0.15) is 37.4 Å². The molecular weight excluding hydrogens is 833 g/mol. The number of allylic oxidation sites excluding steroid dienone is 3. The van der Waals surface area contributed by atoms with E-state index >= 15 is 0 Å². The van der Waals surface area contributed by atoms with Crippen molar-refractivity contribution >= 4 is 58.5 Å². The van der Waals surface area contributed by atoms with Crippen LogP contribution in [0.4, 0.5) is 22.7 Å². The molecule has 0 aliphatic carbocycles. The van der Waals surface area contributed by atoms with Crippen LogP contribution in [0.25, 0.3) is 0 Å². The highest BCUT2D eigenvalue weighted by molar-refractivity contribution is 6.15. The topological polar surface area (TPSA) is 192 Å². The largest absolute Gasteiger partial charge is 0.493 e. The molecule has 0 fully saturated rings. The lowest BCUT2D eigenvalue weighted by atomic mass is 10.1. The van der Waals surface area contributed by atoms with E-state index in [0.29, 0.717) is 74.4 Å². The number of carbonyl (C=O) groups excluding carboxylic acids is 5. The number of likely N-dealkylation sites (N-methyl/N-ethyl adjacent to an activating group) is 2. The van der Waals surface area contributed by atoms with Crippen LogP contribution < -0.4 is 54.9 Å². The Hall–Kier alpha value is -7.92. The van der Waals surface area contributed by atoms with E-state index in [4.69, 9.17) is 23.9 Å². The van der Waals surface area contributed by atoms with Crippen LogP contribution in [0.5, 0.6) is 23.0 Å². The summed E-state index contributed by atoms with van der Waals surface area (Å²) in [6.07, 6.45) is 9.50. The number of ether oxygens (including phenoxy) is 4. The number of hydrogen-bond acceptors (Lipinski definition) is 12. The van der Waals surface area contributed by atoms with Gasteiger partial charge >= 0.3 is 0 Å². The Morgan fingerprint density at radius 3 is 2.20 bits per heavy atom. The normalized spacial score (nSPS) is 15.8. The van der Waals surface area contributed by atoms with Crippen LogP contribution in [0, 0.1) is 0 Å². The molecule has 65 heavy (non-hydrogen) atoms. The first kappa shape index (κ1) is 45.1. The zero-order valence-electron chi connectivity index (χ0n) is 36.7. The smallest absolute Gasteiger partial charge is 0.261 e. The molecule has 4 aromatic carbocycles. The predicted molar refractivity (Wildman–Crippen MR) is 247 cm³/mol. The number of methoxy groups -OCH3 is 2. The lowest BCUT2D eigenvalue weighted by Crippen LogP contribution is -2.43. The average Bonchev–Trinajstić information content (AvgIpc) is 3.63. The Morgan fingerprint density at radius 2 is 1.49 bits per heavy atom. The van der Waals surface area contributed by atoms with Crippen LogP contribution in [0.15, 0.2) is 108 Å². The first-order valence-corrected chi connectivity index (χ1v) is 20.7. The Kier molecular flexibility index (Phi) is 13.9. The molecule has 17 nitrogen and oxygen atoms in total. The highest BCUT2D eigenvalue weighted by atomic mass is 16.5. The van der Waals surface area contributed by atoms with Gasteiger partial charge in [-0.25, -0.2) is 0 Å². The second-order valence-electron chi connectivity index (χ2n) is 15.3. The SMILES string of the molecule is C=C1/C=C\C=C/N(C)c2cc(OCc3cc(COc4cc5c(cc4OC)C(=O)N4c6ccccc6C[C@H]4C=N5)cc(N(C)C(=O)CNC(=O)CNC(=O)CNC)c3)c(OC)cc2C(=O)N1. The van der Waals surface area contributed by atoms with Crippen molar-refractivity contribution in [3.63, 3.8) is 0 Å². The van der Waals surface area contributed by atoms with Crippen molar-refractivity contribution in [2.24, 2.45) is 4.99 Å². The second-order valence-corrected chi connectivity index (χ2v) is 15.3. The number of nitrogens with one attached hydrogen (secondary N) is 4. The lowest BCUT2D eigenvalue weighted by molar-refractivity contribution is -0.126. The number of benzene rings is 4. The fourth-order valence-corrected chi connectivity index (χ4v) is 7.50. The number of aliphatic imine (C=N–C) groups is 1. The van der Waals surface area contributed by atoms with Gasteiger partial charge in [-0.2, -0.15) is 0 Å². The van der Waals surface area contributed by atoms with Gasteiger partial charge in [0, 0.05) is 62.1 Å². The number of hydrogen-bond donors (Lipinski definition) is 4. The van der Waals surface area contributed by atoms with Crippen LogP contribution >= 0.6 is 0 Å². The maximum absolute atomic E-state index is 14.0. The fourth-order valence-electron chi connectivity index (χ4n) is 7.50. The van der Waals surface area contributed by atoms with E-state index in [-0.39, 0.29) is 56.6 Å². The van der Waals surface area contributed by atoms with Crippen LogP contribution in [-0.4, -0.2) is 96.8 Å². The molecular formula is C48H50N8O9. The van der Waals surface area contributed by atoms with Gasteiger partial charge in [0.15, 0.2) is 23.0 Å². The minimum Gasteiger partial charge on any atom is -0.493 e. The quantitative estimate of drug-likeness (QED) is 0.133. The summed E-state index contributed by atoms with van der Waals surface area (Å²) in [4.78, 5) is 74.8. The average molecular weight is 883 g/mol. The molecule has 0 radical (unpaired) electrons. The molecule has 4 aromatic rings. The van der Waals surface area contributed by atoms with Gasteiger partial charge in [0.05, 0.1) is 62.4 Å². The van der Waals surface area contributed by atoms with Crippen molar-refractivity contribution in [3.8, 4) is 23.0 Å². The Labute approximate surface area is 376 Å². The Balaban J connectivity index is 1.16. The summed E-state index contributed by atoms with van der Waals surface area (Å²) >= 11 is 0. The van der Waals surface area contributed by atoms with Gasteiger partial charge in [-0.15, -0.1) is 0 Å². The molecule has 1 atom stereocenters. The van der Waals surface area contributed by atoms with Gasteiger partial charge < -0.3 is 50.0 Å². The number of nitrogens with zero attached hydrogens (tertiary/aromatic N) is 4. The Morgan fingerprint density at radius 1 is 0.831 bits per heavy atom. The molecule has 4 N–H and O–H groups in total. The first-order valence-electron chi connectivity index (χ1n) is 20.7. The first-order chi connectivity index (χ1) is 31.4. The van der Waals surface area contributed by atoms with Gasteiger partial charge in [0.2, 0.25) is 17.7 Å². The van der Waals surface area contributed by atoms with Crippen molar-refractivity contribution in [2.45, 2.75) is 25.7 Å². The molecule has 3 heterocycles. The number of fused-ring (bicyclic) bond motifs is 5. The molecule has 0 saturated heterocycles. The van der Waals surface area contributed by atoms with Crippen molar-refractivity contribution in [1.82, 2.24) is 21.3 Å². The predicted octanol–water partition coefficient (Wildman–Crippen LogP) is 4.33. The summed E-state index contributed by atoms with van der Waals surface area (Å²) < 4.78 is 24.2. The van der Waals surface area contributed by atoms with Crippen molar-refractivity contribution < 1.29 is 42.9 Å². The van der Waals surface area contributed by atoms with E-state index in [1.165, 1.54) is 19.1 Å². The van der Waals surface area contributed by atoms with Crippen LogP contribution in [0.2, 0.25) is 0 Å². The molecule has 0 unspecified atom stereocenters. The number of carbonyl (C=O) groups is 5. The Bertz CT molecular complexity index is 2640. The van der Waals surface area contributed by atoms with Crippen LogP contribution in [0.3, 0.4) is 0 Å². The molecule has 0 spiro atoms. The molecule has 3 aliphatic rings. The maximum atomic E-state index is 14.0. The number of rotatable bonds is 15. The van der Waals surface area contributed by atoms with E-state index in [1.807, 2.05) is 36.4 Å². The monoisotopic (exact) mass is 882 g/mol. The molecule has 3 aliphatic heterocycles. The molecule has 0 bridgehead atoms. The highest BCUT2D eigenvalue weighted by Crippen LogP contribution is 2.41. The third-order valence-corrected chi connectivity index (χ3v) is 10.8. The highest BCUT2D eigenvalue weighted by Gasteiger charge is 2.36. The number of anilines is 3. The van der Waals surface area contributed by atoms with Crippen molar-refractivity contribution in [3.05, 3.63) is 131 Å². The number of para-hydroxylation sites is 1. The van der Waals surface area contributed by atoms with E-state index in [9.17, 15) is 24.0 Å². The molecule has 5 amide bonds. The summed E-state index contributed by atoms with van der Waals surface area (Å²) in [6, 6.07) is 19.6. The van der Waals surface area contributed by atoms with Gasteiger partial charge in [-0.05, 0) is 72.3 Å². The molecule has 0 saturated carbocycles. The summed E-state index contributed by atoms with van der Waals surface area (Å²) in [5.41, 5.74) is 5.77. The second kappa shape index (κ2) is 20.1.